The van der Waals surface area contributed by atoms with E-state index < -0.39 is 29.3 Å². The predicted octanol–water partition coefficient (Wildman–Crippen LogP) is 8.74. The molecule has 116 heavy (non-hydrogen) atoms. The number of benzene rings is 3. The number of fused-ring (bicyclic) bond motifs is 3. The van der Waals surface area contributed by atoms with Crippen LogP contribution in [0.25, 0.3) is 33.1 Å². The van der Waals surface area contributed by atoms with Crippen LogP contribution < -0.4 is 27.7 Å². The van der Waals surface area contributed by atoms with Gasteiger partial charge in [-0.1, -0.05) is 30.3 Å². The van der Waals surface area contributed by atoms with Crippen molar-refractivity contribution in [2.75, 3.05) is 60.4 Å². The van der Waals surface area contributed by atoms with E-state index in [-0.39, 0.29) is 138 Å². The molecular formula is C85H121N12O17PW. The SMILES string of the molecule is CN(C(=O)OC(C)(C)C)C1CC(OC2CCN(Cc3cccc4c3n(C)c(=O)n4C3CCC(=O)CC3=O)CC2)C1.CN(C(=O)OC(C)(C)C)C1CC(OC2CCNCC2)C1.CNC1CC(OC2CCN(Cc3cccc4c3n(C)c(=O)n4C3CCC(=O)CC3=O)CC2)C1.Cn1c(=O)n(C2CCC(=O)CC2=O)c2cccc(C=O)c21.P.[W]. The number of rotatable bonds is 17. The number of hydrogen-bond acceptors (Lipinski definition) is 21. The molecule has 6 saturated carbocycles. The Morgan fingerprint density at radius 2 is 0.802 bits per heavy atom. The van der Waals surface area contributed by atoms with Crippen molar-refractivity contribution in [3.05, 3.63) is 103 Å². The smallest absolute Gasteiger partial charge is 0.410 e. The molecule has 2 N–H and O–H groups in total. The Kier molecular flexibility index (Phi) is 30.7. The van der Waals surface area contributed by atoms with E-state index in [1.54, 1.807) is 74.5 Å². The number of ether oxygens (including phenoxy) is 5. The first kappa shape index (κ1) is 90.9. The summed E-state index contributed by atoms with van der Waals surface area (Å²) in [5, 5.41) is 6.64. The molecule has 634 valence electrons. The summed E-state index contributed by atoms with van der Waals surface area (Å²) < 4.78 is 38.9. The monoisotopic (exact) mass is 1800 g/mol. The first-order chi connectivity index (χ1) is 54.2. The van der Waals surface area contributed by atoms with Gasteiger partial charge in [-0.2, -0.15) is 9.90 Å². The molecule has 9 fully saturated rings. The van der Waals surface area contributed by atoms with Gasteiger partial charge in [-0.3, -0.25) is 70.8 Å². The van der Waals surface area contributed by atoms with E-state index in [1.807, 2.05) is 79.9 Å². The molecule has 2 amide bonds. The number of Topliss-reactive ketones (excluding diaryl/α,β-unsaturated/α-hetero) is 6. The summed E-state index contributed by atoms with van der Waals surface area (Å²) in [4.78, 5) is 155. The van der Waals surface area contributed by atoms with Crippen molar-refractivity contribution in [3.63, 3.8) is 0 Å². The topological polar surface area (TPSA) is 318 Å². The maximum absolute atomic E-state index is 13.2. The third kappa shape index (κ3) is 21.4. The van der Waals surface area contributed by atoms with Crippen LogP contribution in [0.2, 0.25) is 0 Å². The Balaban J connectivity index is 0.000000169. The fourth-order valence-corrected chi connectivity index (χ4v) is 17.6. The minimum atomic E-state index is -0.624. The number of hydrogen-bond donors (Lipinski definition) is 2. The van der Waals surface area contributed by atoms with Crippen LogP contribution in [0.4, 0.5) is 9.59 Å². The Hall–Kier alpha value is -7.46. The number of amides is 2. The zero-order valence-electron chi connectivity index (χ0n) is 69.7. The fourth-order valence-electron chi connectivity index (χ4n) is 17.6. The summed E-state index contributed by atoms with van der Waals surface area (Å²) in [6.07, 6.45) is 15.7. The summed E-state index contributed by atoms with van der Waals surface area (Å²) >= 11 is 0. The number of aldehydes is 1. The van der Waals surface area contributed by atoms with Crippen molar-refractivity contribution in [1.82, 2.24) is 57.6 Å². The van der Waals surface area contributed by atoms with Crippen LogP contribution in [0.3, 0.4) is 0 Å². The second-order valence-corrected chi connectivity index (χ2v) is 34.8. The Morgan fingerprint density at radius 3 is 1.14 bits per heavy atom. The summed E-state index contributed by atoms with van der Waals surface area (Å²) in [7, 11) is 10.7. The van der Waals surface area contributed by atoms with Gasteiger partial charge in [-0.15, -0.1) is 0 Å². The number of nitrogens with zero attached hydrogens (tertiary/aromatic N) is 10. The van der Waals surface area contributed by atoms with Crippen molar-refractivity contribution >= 4 is 96.2 Å². The van der Waals surface area contributed by atoms with Gasteiger partial charge >= 0.3 is 29.3 Å². The standard InChI is InChI=1S/C30H42N4O6.C25H34N4O4.C15H14N2O4.C15H28N2O3.H3P.W/c1-30(2,3)40-29(38)31(4)20-15-23(16-20)39-22-11-13-33(14-12-22)18-19-7-6-8-25-27(19)32(5)28(37)34(25)24-10-9-21(35)17-26(24)36;1-26-17-12-20(13-17)33-19-8-10-28(11-9-19)15-16-4-3-5-22-24(16)27(2)25(32)29(22)21-7-6-18(30)14-23(21)31;1-16-14-9(8-18)3-2-4-12(14)17(15(16)21)11-6-5-10(19)7-13(11)20;1-15(2,3)20-14(18)17(4)11-9-13(10-11)19-12-5-7-16-8-6-12;;/h6-8,20,22-24H,9-18H2,1-5H3;3-5,17,19-21,26H,6-15H2,1-2H3;2-4,8,11H,5-7H2,1H3;11-13,16H,5-10H2,1-4H3;1H3;. The van der Waals surface area contributed by atoms with Gasteiger partial charge in [0.15, 0.2) is 23.6 Å². The summed E-state index contributed by atoms with van der Waals surface area (Å²) in [5.41, 5.74) is 5.25. The number of nitrogens with one attached hydrogen (secondary N) is 2. The van der Waals surface area contributed by atoms with Crippen LogP contribution in [-0.2, 0) is 108 Å². The maximum atomic E-state index is 13.2. The Labute approximate surface area is 695 Å². The van der Waals surface area contributed by atoms with Gasteiger partial charge in [0.1, 0.15) is 28.6 Å². The zero-order valence-corrected chi connectivity index (χ0v) is 74.1. The van der Waals surface area contributed by atoms with Gasteiger partial charge in [0.2, 0.25) is 0 Å². The summed E-state index contributed by atoms with van der Waals surface area (Å²) in [5.74, 6) is -0.728. The molecule has 3 saturated heterocycles. The quantitative estimate of drug-likeness (QED) is 0.0489. The van der Waals surface area contributed by atoms with E-state index in [1.165, 1.54) is 9.13 Å². The molecule has 9 aliphatic rings. The number of carbonyl (C=O) groups is 9. The van der Waals surface area contributed by atoms with Crippen LogP contribution in [0.15, 0.2) is 69.0 Å². The van der Waals surface area contributed by atoms with Crippen molar-refractivity contribution in [3.8, 4) is 0 Å². The van der Waals surface area contributed by atoms with E-state index in [0.29, 0.717) is 98.4 Å². The molecule has 0 bridgehead atoms. The first-order valence-electron chi connectivity index (χ1n) is 41.1. The third-order valence-electron chi connectivity index (χ3n) is 24.3. The van der Waals surface area contributed by atoms with Crippen LogP contribution in [-0.4, -0.2) is 227 Å². The van der Waals surface area contributed by atoms with Crippen LogP contribution in [0.1, 0.15) is 216 Å². The molecule has 3 aliphatic heterocycles. The molecular weight excluding hydrogens is 1680 g/mol. The molecule has 4 unspecified atom stereocenters. The molecule has 6 aromatic rings. The fraction of sp³-hybridized carbons (Fsp3) is 0.647. The predicted molar refractivity (Wildman–Crippen MR) is 440 cm³/mol. The number of aromatic nitrogens is 6. The van der Waals surface area contributed by atoms with E-state index in [2.05, 4.69) is 32.6 Å². The number of piperidine rings is 3. The molecule has 31 heteroatoms. The second-order valence-electron chi connectivity index (χ2n) is 34.8. The molecule has 0 spiro atoms. The van der Waals surface area contributed by atoms with Crippen molar-refractivity contribution < 1.29 is 87.9 Å². The average Bonchev–Trinajstić information content (AvgIpc) is 1.60. The van der Waals surface area contributed by atoms with Gasteiger partial charge in [-0.25, -0.2) is 24.0 Å². The van der Waals surface area contributed by atoms with Gasteiger partial charge in [0.25, 0.3) is 0 Å². The van der Waals surface area contributed by atoms with E-state index in [0.717, 1.165) is 156 Å². The Bertz CT molecular complexity index is 4740. The maximum Gasteiger partial charge on any atom is 0.410 e. The van der Waals surface area contributed by atoms with Gasteiger partial charge < -0.3 is 44.1 Å². The van der Waals surface area contributed by atoms with Crippen molar-refractivity contribution in [1.29, 1.82) is 0 Å². The minimum absolute atomic E-state index is 0. The molecule has 3 aromatic heterocycles. The summed E-state index contributed by atoms with van der Waals surface area (Å²) in [6.45, 7) is 18.6. The average molecular weight is 1800 g/mol. The van der Waals surface area contributed by atoms with Gasteiger partial charge in [-0.05, 0) is 193 Å². The third-order valence-corrected chi connectivity index (χ3v) is 24.3. The number of imidazole rings is 3. The normalized spacial score (nSPS) is 24.6. The van der Waals surface area contributed by atoms with Crippen LogP contribution >= 0.6 is 9.90 Å². The van der Waals surface area contributed by atoms with Crippen LogP contribution in [0, 0.1) is 0 Å². The largest absolute Gasteiger partial charge is 0.444 e. The Morgan fingerprint density at radius 1 is 0.474 bits per heavy atom. The number of ketones is 6. The van der Waals surface area contributed by atoms with E-state index >= 15 is 0 Å². The molecule has 6 aliphatic carbocycles. The minimum Gasteiger partial charge on any atom is -0.444 e. The van der Waals surface area contributed by atoms with Crippen LogP contribution in [0.5, 0.6) is 0 Å². The van der Waals surface area contributed by atoms with Crippen molar-refractivity contribution in [2.24, 2.45) is 21.1 Å². The van der Waals surface area contributed by atoms with Gasteiger partial charge in [0, 0.05) is 139 Å². The molecule has 3 aromatic carbocycles. The molecule has 4 atom stereocenters. The van der Waals surface area contributed by atoms with Gasteiger partial charge in [0.05, 0.1) is 107 Å². The second kappa shape index (κ2) is 39.2. The number of carbonyl (C=O) groups excluding carboxylic acids is 9. The molecule has 15 rings (SSSR count). The molecule has 0 radical (unpaired) electrons. The van der Waals surface area contributed by atoms with E-state index in [4.69, 9.17) is 23.7 Å². The number of para-hydroxylation sites is 3. The number of aryl methyl sites for hydroxylation is 3. The zero-order chi connectivity index (χ0) is 81.8. The molecule has 6 heterocycles. The van der Waals surface area contributed by atoms with E-state index in [9.17, 15) is 57.5 Å². The molecule has 29 nitrogen and oxygen atoms in total. The first-order valence-corrected chi connectivity index (χ1v) is 41.1. The van der Waals surface area contributed by atoms with Crippen molar-refractivity contribution in [2.45, 2.75) is 274 Å². The number of likely N-dealkylation sites (tertiary alicyclic amines) is 2. The summed E-state index contributed by atoms with van der Waals surface area (Å²) in [6, 6.07) is 16.2.